The summed E-state index contributed by atoms with van der Waals surface area (Å²) in [7, 11) is 2.85. The van der Waals surface area contributed by atoms with Gasteiger partial charge in [0, 0.05) is 17.2 Å². The molecule has 0 saturated heterocycles. The molecule has 0 fully saturated rings. The van der Waals surface area contributed by atoms with E-state index in [1.165, 1.54) is 14.2 Å². The fraction of sp³-hybridized carbons (Fsp3) is 0.312. The lowest BCUT2D eigenvalue weighted by Gasteiger charge is -2.17. The molecule has 0 spiro atoms. The SMILES string of the molecule is CCC(=O)Oc1c(OC)c(OC)c(O)c2cc(C)ccc12. The van der Waals surface area contributed by atoms with E-state index in [9.17, 15) is 9.90 Å². The zero-order valence-corrected chi connectivity index (χ0v) is 12.5. The van der Waals surface area contributed by atoms with Gasteiger partial charge in [-0.25, -0.2) is 0 Å². The highest BCUT2D eigenvalue weighted by atomic mass is 16.6. The molecule has 112 valence electrons. The van der Waals surface area contributed by atoms with Crippen molar-refractivity contribution in [3.63, 3.8) is 0 Å². The van der Waals surface area contributed by atoms with E-state index >= 15 is 0 Å². The molecular formula is C16H18O5. The predicted octanol–water partition coefficient (Wildman–Crippen LogP) is 3.19. The van der Waals surface area contributed by atoms with Crippen LogP contribution in [0, 0.1) is 6.92 Å². The molecule has 2 rings (SSSR count). The standard InChI is InChI=1S/C16H18O5/c1-5-12(17)21-14-10-7-6-9(2)8-11(10)13(18)15(19-3)16(14)20-4/h6-8,18H,5H2,1-4H3. The van der Waals surface area contributed by atoms with Gasteiger partial charge in [0.2, 0.25) is 11.5 Å². The zero-order valence-electron chi connectivity index (χ0n) is 12.5. The first kappa shape index (κ1) is 15.0. The van der Waals surface area contributed by atoms with Gasteiger partial charge >= 0.3 is 5.97 Å². The van der Waals surface area contributed by atoms with E-state index in [1.54, 1.807) is 19.1 Å². The highest BCUT2D eigenvalue weighted by Crippen LogP contribution is 2.50. The molecule has 0 aliphatic carbocycles. The Labute approximate surface area is 123 Å². The summed E-state index contributed by atoms with van der Waals surface area (Å²) in [6.45, 7) is 3.62. The number of fused-ring (bicyclic) bond motifs is 1. The molecule has 0 saturated carbocycles. The van der Waals surface area contributed by atoms with E-state index in [-0.39, 0.29) is 35.4 Å². The summed E-state index contributed by atoms with van der Waals surface area (Å²) in [5.41, 5.74) is 0.970. The average molecular weight is 290 g/mol. The molecule has 0 aromatic heterocycles. The van der Waals surface area contributed by atoms with Gasteiger partial charge in [-0.2, -0.15) is 0 Å². The summed E-state index contributed by atoms with van der Waals surface area (Å²) >= 11 is 0. The van der Waals surface area contributed by atoms with Crippen LogP contribution in [-0.2, 0) is 4.79 Å². The van der Waals surface area contributed by atoms with E-state index < -0.39 is 0 Å². The van der Waals surface area contributed by atoms with Crippen molar-refractivity contribution in [2.24, 2.45) is 0 Å². The van der Waals surface area contributed by atoms with Crippen molar-refractivity contribution in [3.05, 3.63) is 23.8 Å². The van der Waals surface area contributed by atoms with E-state index in [4.69, 9.17) is 14.2 Å². The van der Waals surface area contributed by atoms with Gasteiger partial charge in [-0.1, -0.05) is 24.6 Å². The van der Waals surface area contributed by atoms with Gasteiger partial charge < -0.3 is 19.3 Å². The first-order valence-electron chi connectivity index (χ1n) is 6.61. The number of aryl methyl sites for hydroxylation is 1. The topological polar surface area (TPSA) is 65.0 Å². The number of carbonyl (C=O) groups is 1. The van der Waals surface area contributed by atoms with Crippen LogP contribution in [0.2, 0.25) is 0 Å². The molecule has 0 atom stereocenters. The minimum atomic E-state index is -0.386. The van der Waals surface area contributed by atoms with Gasteiger partial charge in [-0.05, 0) is 13.0 Å². The van der Waals surface area contributed by atoms with Crippen LogP contribution in [0.15, 0.2) is 18.2 Å². The Morgan fingerprint density at radius 3 is 2.33 bits per heavy atom. The smallest absolute Gasteiger partial charge is 0.311 e. The van der Waals surface area contributed by atoms with Crippen molar-refractivity contribution in [2.75, 3.05) is 14.2 Å². The highest BCUT2D eigenvalue weighted by Gasteiger charge is 2.23. The van der Waals surface area contributed by atoms with Crippen molar-refractivity contribution >= 4 is 16.7 Å². The third kappa shape index (κ3) is 2.59. The highest BCUT2D eigenvalue weighted by molar-refractivity contribution is 6.00. The largest absolute Gasteiger partial charge is 0.504 e. The molecule has 0 amide bonds. The van der Waals surface area contributed by atoms with E-state index in [0.717, 1.165) is 5.56 Å². The molecular weight excluding hydrogens is 272 g/mol. The molecule has 1 N–H and O–H groups in total. The first-order valence-corrected chi connectivity index (χ1v) is 6.61. The fourth-order valence-electron chi connectivity index (χ4n) is 2.17. The monoisotopic (exact) mass is 290 g/mol. The Kier molecular flexibility index (Phi) is 4.21. The zero-order chi connectivity index (χ0) is 15.6. The summed E-state index contributed by atoms with van der Waals surface area (Å²) in [5, 5.41) is 11.5. The number of phenolic OH excluding ortho intramolecular Hbond substituents is 1. The maximum Gasteiger partial charge on any atom is 0.311 e. The van der Waals surface area contributed by atoms with Crippen LogP contribution in [0.5, 0.6) is 23.0 Å². The Balaban J connectivity index is 2.84. The third-order valence-electron chi connectivity index (χ3n) is 3.22. The Hall–Kier alpha value is -2.43. The van der Waals surface area contributed by atoms with Crippen LogP contribution in [0.25, 0.3) is 10.8 Å². The Morgan fingerprint density at radius 2 is 1.76 bits per heavy atom. The lowest BCUT2D eigenvalue weighted by Crippen LogP contribution is -2.08. The number of aromatic hydroxyl groups is 1. The molecule has 2 aromatic carbocycles. The molecule has 5 heteroatoms. The van der Waals surface area contributed by atoms with Crippen molar-refractivity contribution in [2.45, 2.75) is 20.3 Å². The number of methoxy groups -OCH3 is 2. The van der Waals surface area contributed by atoms with Gasteiger partial charge in [0.15, 0.2) is 11.5 Å². The van der Waals surface area contributed by atoms with Gasteiger partial charge in [-0.15, -0.1) is 0 Å². The molecule has 0 aliphatic heterocycles. The normalized spacial score (nSPS) is 10.5. The maximum atomic E-state index is 11.7. The minimum Gasteiger partial charge on any atom is -0.504 e. The predicted molar refractivity (Wildman–Crippen MR) is 79.4 cm³/mol. The van der Waals surface area contributed by atoms with Crippen LogP contribution >= 0.6 is 0 Å². The molecule has 0 radical (unpaired) electrons. The van der Waals surface area contributed by atoms with Gasteiger partial charge in [0.25, 0.3) is 0 Å². The lowest BCUT2D eigenvalue weighted by atomic mass is 10.0. The van der Waals surface area contributed by atoms with Crippen LogP contribution in [0.4, 0.5) is 0 Å². The number of carbonyl (C=O) groups excluding carboxylic acids is 1. The number of benzene rings is 2. The van der Waals surface area contributed by atoms with Crippen LogP contribution < -0.4 is 14.2 Å². The van der Waals surface area contributed by atoms with Crippen molar-refractivity contribution in [1.82, 2.24) is 0 Å². The quantitative estimate of drug-likeness (QED) is 0.692. The van der Waals surface area contributed by atoms with E-state index in [1.807, 2.05) is 13.0 Å². The van der Waals surface area contributed by atoms with Gasteiger partial charge in [0.05, 0.1) is 14.2 Å². The number of phenols is 1. The molecule has 5 nitrogen and oxygen atoms in total. The van der Waals surface area contributed by atoms with Crippen LogP contribution in [0.3, 0.4) is 0 Å². The third-order valence-corrected chi connectivity index (χ3v) is 3.22. The number of hydrogen-bond donors (Lipinski definition) is 1. The van der Waals surface area contributed by atoms with Gasteiger partial charge in [-0.3, -0.25) is 4.79 Å². The second-order valence-electron chi connectivity index (χ2n) is 4.62. The lowest BCUT2D eigenvalue weighted by molar-refractivity contribution is -0.134. The summed E-state index contributed by atoms with van der Waals surface area (Å²) in [6, 6.07) is 5.46. The number of rotatable bonds is 4. The van der Waals surface area contributed by atoms with E-state index in [2.05, 4.69) is 0 Å². The van der Waals surface area contributed by atoms with Crippen molar-refractivity contribution in [1.29, 1.82) is 0 Å². The molecule has 0 heterocycles. The summed E-state index contributed by atoms with van der Waals surface area (Å²) in [6.07, 6.45) is 0.236. The van der Waals surface area contributed by atoms with E-state index in [0.29, 0.717) is 10.8 Å². The Morgan fingerprint density at radius 1 is 1.10 bits per heavy atom. The summed E-state index contributed by atoms with van der Waals surface area (Å²) in [5.74, 6) is 0.184. The molecule has 0 bridgehead atoms. The first-order chi connectivity index (χ1) is 10.0. The minimum absolute atomic E-state index is 0.0376. The maximum absolute atomic E-state index is 11.7. The molecule has 0 aliphatic rings. The van der Waals surface area contributed by atoms with Crippen molar-refractivity contribution < 1.29 is 24.1 Å². The number of ether oxygens (including phenoxy) is 3. The average Bonchev–Trinajstić information content (AvgIpc) is 2.49. The summed E-state index contributed by atoms with van der Waals surface area (Å²) < 4.78 is 15.9. The fourth-order valence-corrected chi connectivity index (χ4v) is 2.17. The second-order valence-corrected chi connectivity index (χ2v) is 4.62. The van der Waals surface area contributed by atoms with Crippen LogP contribution in [0.1, 0.15) is 18.9 Å². The molecule has 21 heavy (non-hydrogen) atoms. The Bertz CT molecular complexity index is 691. The second kappa shape index (κ2) is 5.91. The number of esters is 1. The number of hydrogen-bond acceptors (Lipinski definition) is 5. The molecule has 0 unspecified atom stereocenters. The van der Waals surface area contributed by atoms with Crippen molar-refractivity contribution in [3.8, 4) is 23.0 Å². The molecule has 2 aromatic rings. The van der Waals surface area contributed by atoms with Gasteiger partial charge in [0.1, 0.15) is 0 Å². The summed E-state index contributed by atoms with van der Waals surface area (Å²) in [4.78, 5) is 11.7. The van der Waals surface area contributed by atoms with Crippen LogP contribution in [-0.4, -0.2) is 25.3 Å².